The van der Waals surface area contributed by atoms with Gasteiger partial charge in [-0.05, 0) is 12.3 Å². The van der Waals surface area contributed by atoms with E-state index in [1.807, 2.05) is 13.8 Å². The smallest absolute Gasteiger partial charge is 0.351 e. The molecule has 8 nitrogen and oxygen atoms in total. The van der Waals surface area contributed by atoms with Crippen LogP contribution in [0.2, 0.25) is 0 Å². The number of esters is 1. The highest BCUT2D eigenvalue weighted by atomic mass is 31.2. The Morgan fingerprint density at radius 3 is 2.26 bits per heavy atom. The minimum atomic E-state index is -4.62. The lowest BCUT2D eigenvalue weighted by Crippen LogP contribution is -2.47. The monoisotopic (exact) mass is 296 g/mol. The van der Waals surface area contributed by atoms with Gasteiger partial charge in [-0.1, -0.05) is 13.8 Å². The number of hydrogen-bond acceptors (Lipinski definition) is 5. The first-order chi connectivity index (χ1) is 8.54. The average Bonchev–Trinajstić information content (AvgIpc) is 2.20. The lowest BCUT2D eigenvalue weighted by atomic mass is 10.0. The summed E-state index contributed by atoms with van der Waals surface area (Å²) in [6.07, 6.45) is 0.382. The van der Waals surface area contributed by atoms with Crippen LogP contribution in [0.15, 0.2) is 0 Å². The number of carbonyl (C=O) groups is 2. The predicted molar refractivity (Wildman–Crippen MR) is 68.0 cm³/mol. The van der Waals surface area contributed by atoms with Gasteiger partial charge in [0.2, 0.25) is 5.91 Å². The van der Waals surface area contributed by atoms with Gasteiger partial charge in [0.05, 0.1) is 6.04 Å². The van der Waals surface area contributed by atoms with Gasteiger partial charge in [-0.2, -0.15) is 0 Å². The molecule has 9 heteroatoms. The van der Waals surface area contributed by atoms with E-state index in [1.165, 1.54) is 0 Å². The van der Waals surface area contributed by atoms with E-state index in [9.17, 15) is 14.2 Å². The second-order valence-corrected chi connectivity index (χ2v) is 6.45. The highest BCUT2D eigenvalue weighted by Crippen LogP contribution is 2.39. The second-order valence-electron chi connectivity index (χ2n) is 4.65. The van der Waals surface area contributed by atoms with Crippen LogP contribution in [0.1, 0.15) is 27.2 Å². The highest BCUT2D eigenvalue weighted by molar-refractivity contribution is 7.52. The molecule has 112 valence electrons. The Morgan fingerprint density at radius 2 is 1.89 bits per heavy atom. The zero-order valence-corrected chi connectivity index (χ0v) is 12.1. The topological polar surface area (TPSA) is 139 Å². The van der Waals surface area contributed by atoms with E-state index in [-0.39, 0.29) is 5.92 Å². The summed E-state index contributed by atoms with van der Waals surface area (Å²) in [6, 6.07) is -0.869. The lowest BCUT2D eigenvalue weighted by Gasteiger charge is -2.22. The third-order valence-electron chi connectivity index (χ3n) is 2.22. The maximum atomic E-state index is 11.7. The van der Waals surface area contributed by atoms with E-state index in [1.54, 1.807) is 0 Å². The van der Waals surface area contributed by atoms with Crippen LogP contribution in [-0.2, 0) is 18.9 Å². The van der Waals surface area contributed by atoms with E-state index in [0.717, 1.165) is 6.92 Å². The van der Waals surface area contributed by atoms with Crippen molar-refractivity contribution in [3.05, 3.63) is 0 Å². The van der Waals surface area contributed by atoms with Gasteiger partial charge < -0.3 is 25.6 Å². The van der Waals surface area contributed by atoms with E-state index >= 15 is 0 Å². The van der Waals surface area contributed by atoms with Crippen molar-refractivity contribution >= 4 is 19.5 Å². The van der Waals surface area contributed by atoms with Crippen molar-refractivity contribution in [2.75, 3.05) is 6.61 Å². The van der Waals surface area contributed by atoms with E-state index in [0.29, 0.717) is 6.42 Å². The Labute approximate surface area is 111 Å². The molecular formula is C10H21N2O6P. The van der Waals surface area contributed by atoms with Crippen LogP contribution in [0.5, 0.6) is 0 Å². The normalized spacial score (nSPS) is 14.9. The second kappa shape index (κ2) is 7.59. The zero-order valence-electron chi connectivity index (χ0n) is 11.2. The van der Waals surface area contributed by atoms with E-state index < -0.39 is 37.9 Å². The van der Waals surface area contributed by atoms with E-state index in [4.69, 9.17) is 15.5 Å². The summed E-state index contributed by atoms with van der Waals surface area (Å²) in [6.45, 7) is 4.24. The maximum Gasteiger partial charge on any atom is 0.351 e. The summed E-state index contributed by atoms with van der Waals surface area (Å²) in [5.74, 6) is -2.79. The largest absolute Gasteiger partial charge is 0.463 e. The van der Waals surface area contributed by atoms with Gasteiger partial charge in [0, 0.05) is 6.92 Å². The summed E-state index contributed by atoms with van der Waals surface area (Å²) < 4.78 is 15.7. The Hall–Kier alpha value is -0.950. The Balaban J connectivity index is 4.60. The molecule has 0 bridgehead atoms. The minimum absolute atomic E-state index is 0.169. The van der Waals surface area contributed by atoms with Gasteiger partial charge in [0.1, 0.15) is 6.61 Å². The van der Waals surface area contributed by atoms with Crippen LogP contribution in [0.3, 0.4) is 0 Å². The van der Waals surface area contributed by atoms with Crippen molar-refractivity contribution in [3.63, 3.8) is 0 Å². The molecule has 1 unspecified atom stereocenters. The molecule has 0 radical (unpaired) electrons. The van der Waals surface area contributed by atoms with Crippen molar-refractivity contribution in [2.24, 2.45) is 11.7 Å². The molecule has 0 aliphatic heterocycles. The van der Waals surface area contributed by atoms with E-state index in [2.05, 4.69) is 10.1 Å². The summed E-state index contributed by atoms with van der Waals surface area (Å²) in [4.78, 5) is 40.4. The summed E-state index contributed by atoms with van der Waals surface area (Å²) >= 11 is 0. The van der Waals surface area contributed by atoms with Gasteiger partial charge in [0.15, 0.2) is 5.78 Å². The molecule has 0 aromatic rings. The molecule has 2 atom stereocenters. The van der Waals surface area contributed by atoms with Gasteiger partial charge in [0.25, 0.3) is 0 Å². The molecule has 0 aromatic heterocycles. The maximum absolute atomic E-state index is 11.7. The Bertz CT molecular complexity index is 367. The number of amides is 1. The first kappa shape index (κ1) is 18.0. The molecule has 0 aliphatic rings. The van der Waals surface area contributed by atoms with Crippen molar-refractivity contribution in [3.8, 4) is 0 Å². The van der Waals surface area contributed by atoms with Gasteiger partial charge >= 0.3 is 13.6 Å². The molecule has 19 heavy (non-hydrogen) atoms. The van der Waals surface area contributed by atoms with Crippen LogP contribution < -0.4 is 11.1 Å². The predicted octanol–water partition coefficient (Wildman–Crippen LogP) is -0.457. The molecule has 0 saturated heterocycles. The van der Waals surface area contributed by atoms with Gasteiger partial charge in [-0.15, -0.1) is 0 Å². The van der Waals surface area contributed by atoms with Crippen molar-refractivity contribution in [1.29, 1.82) is 0 Å². The number of ether oxygens (including phenoxy) is 1. The first-order valence-corrected chi connectivity index (χ1v) is 7.46. The lowest BCUT2D eigenvalue weighted by molar-refractivity contribution is -0.141. The number of hydrogen-bond donors (Lipinski definition) is 4. The summed E-state index contributed by atoms with van der Waals surface area (Å²) in [5, 5.41) is 2.11. The number of carbonyl (C=O) groups excluding carboxylic acids is 2. The van der Waals surface area contributed by atoms with Crippen LogP contribution in [0.4, 0.5) is 0 Å². The van der Waals surface area contributed by atoms with Crippen LogP contribution >= 0.6 is 7.60 Å². The molecule has 0 rings (SSSR count). The third kappa shape index (κ3) is 7.94. The van der Waals surface area contributed by atoms with Crippen molar-refractivity contribution in [1.82, 2.24) is 5.32 Å². The van der Waals surface area contributed by atoms with Crippen molar-refractivity contribution < 1.29 is 28.7 Å². The molecule has 0 spiro atoms. The fourth-order valence-electron chi connectivity index (χ4n) is 1.31. The van der Waals surface area contributed by atoms with Crippen molar-refractivity contribution in [2.45, 2.75) is 39.0 Å². The molecule has 0 aromatic carbocycles. The SMILES string of the molecule is CC(=O)OCC(NC(=O)[C@@H](N)CC(C)C)P(=O)(O)O. The van der Waals surface area contributed by atoms with Crippen LogP contribution in [0.25, 0.3) is 0 Å². The highest BCUT2D eigenvalue weighted by Gasteiger charge is 2.32. The molecular weight excluding hydrogens is 275 g/mol. The quantitative estimate of drug-likeness (QED) is 0.368. The van der Waals surface area contributed by atoms with Gasteiger partial charge in [-0.3, -0.25) is 14.2 Å². The summed E-state index contributed by atoms with van der Waals surface area (Å²) in [5.41, 5.74) is 5.59. The molecule has 5 N–H and O–H groups in total. The van der Waals surface area contributed by atoms with Gasteiger partial charge in [-0.25, -0.2) is 0 Å². The summed E-state index contributed by atoms with van der Waals surface area (Å²) in [7, 11) is -4.62. The molecule has 0 aliphatic carbocycles. The Kier molecular flexibility index (Phi) is 7.21. The minimum Gasteiger partial charge on any atom is -0.463 e. The average molecular weight is 296 g/mol. The fraction of sp³-hybridized carbons (Fsp3) is 0.800. The number of rotatable bonds is 7. The number of nitrogens with one attached hydrogen (secondary N) is 1. The molecule has 1 amide bonds. The standard InChI is InChI=1S/C10H21N2O6P/c1-6(2)4-8(11)10(14)12-9(19(15,16)17)5-18-7(3)13/h6,8-9H,4-5,11H2,1-3H3,(H,12,14)(H2,15,16,17)/t8-,9?/m0/s1. The Morgan fingerprint density at radius 1 is 1.37 bits per heavy atom. The fourth-order valence-corrected chi connectivity index (χ4v) is 1.87. The first-order valence-electron chi connectivity index (χ1n) is 5.78. The number of nitrogens with two attached hydrogens (primary N) is 1. The van der Waals surface area contributed by atoms with Crippen LogP contribution in [0, 0.1) is 5.92 Å². The third-order valence-corrected chi connectivity index (χ3v) is 3.31. The van der Waals surface area contributed by atoms with Crippen LogP contribution in [-0.4, -0.2) is 40.1 Å². The molecule has 0 saturated carbocycles. The zero-order chi connectivity index (χ0) is 15.2. The molecule has 0 fully saturated rings. The molecule has 0 heterocycles.